The highest BCUT2D eigenvalue weighted by atomic mass is 32.1. The largest absolute Gasteiger partial charge is 0.457 e. The summed E-state index contributed by atoms with van der Waals surface area (Å²) in [5, 5.41) is 3.37. The van der Waals surface area contributed by atoms with E-state index in [0.29, 0.717) is 18.5 Å². The number of nitrogens with zero attached hydrogens (tertiary/aromatic N) is 4. The smallest absolute Gasteiger partial charge is 0.194 e. The van der Waals surface area contributed by atoms with Gasteiger partial charge in [-0.1, -0.05) is 117 Å². The molecular formula is C49H42N4OS. The first-order valence-corrected chi connectivity index (χ1v) is 20.2. The normalized spacial score (nSPS) is 16.8. The van der Waals surface area contributed by atoms with E-state index in [2.05, 4.69) is 180 Å². The number of benzene rings is 5. The second kappa shape index (κ2) is 13.9. The van der Waals surface area contributed by atoms with Gasteiger partial charge in [0, 0.05) is 56.9 Å². The number of aromatic nitrogens is 2. The summed E-state index contributed by atoms with van der Waals surface area (Å²) in [7, 11) is 0. The lowest BCUT2D eigenvalue weighted by Gasteiger charge is -2.35. The van der Waals surface area contributed by atoms with Gasteiger partial charge >= 0.3 is 0 Å². The van der Waals surface area contributed by atoms with Gasteiger partial charge in [0.05, 0.1) is 29.1 Å². The van der Waals surface area contributed by atoms with Crippen molar-refractivity contribution < 1.29 is 4.74 Å². The molecule has 0 bridgehead atoms. The number of fused-ring (bicyclic) bond motifs is 4. The minimum Gasteiger partial charge on any atom is -0.457 e. The molecule has 0 saturated carbocycles. The molecule has 2 aliphatic carbocycles. The summed E-state index contributed by atoms with van der Waals surface area (Å²) in [6.07, 6.45) is 16.8. The highest BCUT2D eigenvalue weighted by Gasteiger charge is 2.36. The van der Waals surface area contributed by atoms with E-state index in [9.17, 15) is 0 Å². The molecule has 0 fully saturated rings. The summed E-state index contributed by atoms with van der Waals surface area (Å²) in [4.78, 5) is 11.1. The second-order valence-electron chi connectivity index (χ2n) is 14.9. The molecule has 0 saturated heterocycles. The monoisotopic (exact) mass is 734 g/mol. The molecule has 0 N–H and O–H groups in total. The van der Waals surface area contributed by atoms with Gasteiger partial charge in [-0.15, -0.1) is 11.3 Å². The van der Waals surface area contributed by atoms with Crippen LogP contribution in [-0.2, 0) is 0 Å². The Balaban J connectivity index is 1.02. The molecule has 2 aromatic heterocycles. The zero-order valence-electron chi connectivity index (χ0n) is 31.1. The van der Waals surface area contributed by atoms with Crippen LogP contribution in [0, 0.1) is 5.92 Å². The first-order chi connectivity index (χ1) is 27.1. The lowest BCUT2D eigenvalue weighted by atomic mass is 9.80. The number of anilines is 3. The van der Waals surface area contributed by atoms with Gasteiger partial charge in [-0.2, -0.15) is 0 Å². The highest BCUT2D eigenvalue weighted by Crippen LogP contribution is 2.49. The molecule has 270 valence electrons. The fourth-order valence-electron chi connectivity index (χ4n) is 8.50. The van der Waals surface area contributed by atoms with Crippen LogP contribution >= 0.6 is 11.3 Å². The van der Waals surface area contributed by atoms with E-state index in [4.69, 9.17) is 9.72 Å². The molecule has 5 nitrogen and oxygen atoms in total. The van der Waals surface area contributed by atoms with Crippen molar-refractivity contribution in [3.8, 4) is 16.6 Å². The lowest BCUT2D eigenvalue weighted by molar-refractivity contribution is 0.483. The van der Waals surface area contributed by atoms with Gasteiger partial charge in [0.1, 0.15) is 11.5 Å². The van der Waals surface area contributed by atoms with E-state index in [1.165, 1.54) is 49.4 Å². The third kappa shape index (κ3) is 5.98. The molecule has 5 aromatic carbocycles. The maximum atomic E-state index is 6.72. The Hall–Kier alpha value is -6.11. The second-order valence-corrected chi connectivity index (χ2v) is 15.9. The standard InChI is InChI=1S/C49H42N4OS/c1-33(2)47-31-50-49(55-47)53-43-24-10-9-21-41(43)42-28-27-38(30-46(42)53)54-37-20-13-19-36(29-37)51-32-52(45-26-12-11-25-44(45)51)48-39(34-15-5-3-6-16-34)22-14-23-40(48)35-17-7-4-8-18-35/h3-7,9-17,19-22,24-31,33,40H,8,18,23,32H2,1-2H3/t40-/m1/s1. The molecule has 7 aromatic rings. The number of rotatable bonds is 8. The average molecular weight is 735 g/mol. The Bertz CT molecular complexity index is 2690. The van der Waals surface area contributed by atoms with Crippen molar-refractivity contribution in [2.75, 3.05) is 16.5 Å². The van der Waals surface area contributed by atoms with E-state index in [-0.39, 0.29) is 0 Å². The number of thiazole rings is 1. The summed E-state index contributed by atoms with van der Waals surface area (Å²) < 4.78 is 9.00. The Kier molecular flexibility index (Phi) is 8.48. The van der Waals surface area contributed by atoms with Crippen molar-refractivity contribution in [1.82, 2.24) is 9.55 Å². The third-order valence-electron chi connectivity index (χ3n) is 11.2. The maximum absolute atomic E-state index is 6.72. The van der Waals surface area contributed by atoms with Crippen molar-refractivity contribution in [3.63, 3.8) is 0 Å². The van der Waals surface area contributed by atoms with Gasteiger partial charge in [-0.05, 0) is 73.2 Å². The van der Waals surface area contributed by atoms with Crippen molar-refractivity contribution in [3.05, 3.63) is 180 Å². The molecule has 1 aliphatic heterocycles. The van der Waals surface area contributed by atoms with Crippen molar-refractivity contribution in [2.24, 2.45) is 5.92 Å². The van der Waals surface area contributed by atoms with E-state index in [0.717, 1.165) is 52.6 Å². The predicted octanol–water partition coefficient (Wildman–Crippen LogP) is 13.3. The number of hydrogen-bond acceptors (Lipinski definition) is 5. The molecule has 3 aliphatic rings. The number of ether oxygens (including phenoxy) is 1. The number of para-hydroxylation sites is 3. The van der Waals surface area contributed by atoms with Crippen LogP contribution in [0.5, 0.6) is 11.5 Å². The van der Waals surface area contributed by atoms with Crippen LogP contribution in [0.4, 0.5) is 17.1 Å². The van der Waals surface area contributed by atoms with Crippen molar-refractivity contribution >= 4 is 55.8 Å². The van der Waals surface area contributed by atoms with Crippen molar-refractivity contribution in [2.45, 2.75) is 39.0 Å². The third-order valence-corrected chi connectivity index (χ3v) is 12.4. The van der Waals surface area contributed by atoms with Gasteiger partial charge in [0.2, 0.25) is 0 Å². The Morgan fingerprint density at radius 2 is 1.53 bits per heavy atom. The maximum Gasteiger partial charge on any atom is 0.194 e. The number of hydrogen-bond donors (Lipinski definition) is 0. The SMILES string of the molecule is CC(C)c1cnc(-n2c3ccccc3c3ccc(Oc4cccc(N5CN(C6=C(c7ccccc7)C=CC[C@@H]6C6=CC=CCC6)c6ccccc65)c4)cc32)s1. The number of allylic oxidation sites excluding steroid dienone is 7. The van der Waals surface area contributed by atoms with Gasteiger partial charge in [0.25, 0.3) is 0 Å². The Labute approximate surface area is 326 Å². The summed E-state index contributed by atoms with van der Waals surface area (Å²) in [6, 6.07) is 43.3. The van der Waals surface area contributed by atoms with Gasteiger partial charge < -0.3 is 14.5 Å². The molecule has 0 spiro atoms. The van der Waals surface area contributed by atoms with Crippen LogP contribution in [0.25, 0.3) is 32.5 Å². The predicted molar refractivity (Wildman–Crippen MR) is 230 cm³/mol. The van der Waals surface area contributed by atoms with E-state index in [1.807, 2.05) is 6.20 Å². The fourth-order valence-corrected chi connectivity index (χ4v) is 9.45. The van der Waals surface area contributed by atoms with Gasteiger partial charge in [-0.3, -0.25) is 4.57 Å². The topological polar surface area (TPSA) is 33.5 Å². The Morgan fingerprint density at radius 3 is 2.35 bits per heavy atom. The summed E-state index contributed by atoms with van der Waals surface area (Å²) in [6.45, 7) is 5.15. The van der Waals surface area contributed by atoms with Gasteiger partial charge in [0.15, 0.2) is 5.13 Å². The molecule has 10 rings (SSSR count). The molecule has 6 heteroatoms. The molecule has 0 amide bonds. The minimum atomic E-state index is 0.305. The molecule has 3 heterocycles. The first-order valence-electron chi connectivity index (χ1n) is 19.3. The first kappa shape index (κ1) is 33.5. The van der Waals surface area contributed by atoms with Crippen LogP contribution in [0.3, 0.4) is 0 Å². The average Bonchev–Trinajstić information content (AvgIpc) is 3.96. The molecule has 0 unspecified atom stereocenters. The minimum absolute atomic E-state index is 0.305. The lowest BCUT2D eigenvalue weighted by Crippen LogP contribution is -2.33. The van der Waals surface area contributed by atoms with Gasteiger partial charge in [-0.25, -0.2) is 4.98 Å². The van der Waals surface area contributed by atoms with Crippen LogP contribution in [0.15, 0.2) is 169 Å². The van der Waals surface area contributed by atoms with E-state index >= 15 is 0 Å². The quantitative estimate of drug-likeness (QED) is 0.156. The highest BCUT2D eigenvalue weighted by molar-refractivity contribution is 7.14. The van der Waals surface area contributed by atoms with Crippen LogP contribution in [0.2, 0.25) is 0 Å². The van der Waals surface area contributed by atoms with Crippen LogP contribution in [-0.4, -0.2) is 16.2 Å². The molecular weight excluding hydrogens is 693 g/mol. The molecule has 1 atom stereocenters. The summed E-state index contributed by atoms with van der Waals surface area (Å²) >= 11 is 1.75. The summed E-state index contributed by atoms with van der Waals surface area (Å²) in [5.74, 6) is 2.32. The zero-order valence-corrected chi connectivity index (χ0v) is 31.9. The van der Waals surface area contributed by atoms with Crippen LogP contribution < -0.4 is 14.5 Å². The Morgan fingerprint density at radius 1 is 0.745 bits per heavy atom. The zero-order chi connectivity index (χ0) is 36.9. The summed E-state index contributed by atoms with van der Waals surface area (Å²) in [5.41, 5.74) is 11.2. The molecule has 0 radical (unpaired) electrons. The van der Waals surface area contributed by atoms with Crippen molar-refractivity contribution in [1.29, 1.82) is 0 Å². The fraction of sp³-hybridized carbons (Fsp3) is 0.163. The van der Waals surface area contributed by atoms with Crippen LogP contribution in [0.1, 0.15) is 49.5 Å². The van der Waals surface area contributed by atoms with E-state index in [1.54, 1.807) is 11.3 Å². The molecule has 55 heavy (non-hydrogen) atoms. The van der Waals surface area contributed by atoms with E-state index < -0.39 is 0 Å².